The molecule has 1 aliphatic rings. The molecule has 1 amide bonds. The number of ether oxygens (including phenoxy) is 1. The van der Waals surface area contributed by atoms with E-state index in [9.17, 15) is 4.79 Å². The number of pyridine rings is 2. The number of rotatable bonds is 3. The van der Waals surface area contributed by atoms with Gasteiger partial charge in [-0.05, 0) is 38.1 Å². The number of carbonyl (C=O) groups excluding carboxylic acids is 1. The van der Waals surface area contributed by atoms with Crippen molar-refractivity contribution in [3.05, 3.63) is 42.2 Å². The van der Waals surface area contributed by atoms with Crippen molar-refractivity contribution < 1.29 is 9.53 Å². The number of amides is 1. The molecule has 0 aliphatic carbocycles. The molecule has 126 valence electrons. The van der Waals surface area contributed by atoms with Crippen molar-refractivity contribution in [3.8, 4) is 0 Å². The van der Waals surface area contributed by atoms with E-state index in [0.717, 1.165) is 18.9 Å². The van der Waals surface area contributed by atoms with Crippen LogP contribution in [0.4, 0.5) is 17.3 Å². The number of anilines is 3. The molecule has 7 heteroatoms. The Kier molecular flexibility index (Phi) is 4.61. The van der Waals surface area contributed by atoms with Gasteiger partial charge in [-0.2, -0.15) is 0 Å². The van der Waals surface area contributed by atoms with Crippen LogP contribution in [0.3, 0.4) is 0 Å². The summed E-state index contributed by atoms with van der Waals surface area (Å²) in [5.41, 5.74) is 6.60. The quantitative estimate of drug-likeness (QED) is 0.894. The highest BCUT2D eigenvalue weighted by atomic mass is 16.5. The summed E-state index contributed by atoms with van der Waals surface area (Å²) in [5.74, 6) is 1.02. The van der Waals surface area contributed by atoms with Crippen molar-refractivity contribution in [1.29, 1.82) is 0 Å². The van der Waals surface area contributed by atoms with Crippen molar-refractivity contribution in [1.82, 2.24) is 9.97 Å². The summed E-state index contributed by atoms with van der Waals surface area (Å²) < 4.78 is 5.73. The minimum atomic E-state index is -0.245. The van der Waals surface area contributed by atoms with Gasteiger partial charge in [0.25, 0.3) is 5.91 Å². The van der Waals surface area contributed by atoms with Gasteiger partial charge >= 0.3 is 0 Å². The molecule has 7 nitrogen and oxygen atoms in total. The molecule has 0 radical (unpaired) electrons. The summed E-state index contributed by atoms with van der Waals surface area (Å²) in [6, 6.07) is 6.98. The third-order valence-corrected chi connectivity index (χ3v) is 3.80. The first-order chi connectivity index (χ1) is 11.5. The third-order valence-electron chi connectivity index (χ3n) is 3.80. The number of carbonyl (C=O) groups is 1. The second-order valence-electron chi connectivity index (χ2n) is 5.99. The minimum absolute atomic E-state index is 0.174. The van der Waals surface area contributed by atoms with Crippen LogP contribution in [0.25, 0.3) is 0 Å². The second kappa shape index (κ2) is 6.84. The Bertz CT molecular complexity index is 692. The number of hydrogen-bond acceptors (Lipinski definition) is 6. The summed E-state index contributed by atoms with van der Waals surface area (Å²) in [6.45, 7) is 5.72. The molecule has 2 aromatic heterocycles. The average molecular weight is 327 g/mol. The molecule has 1 saturated heterocycles. The largest absolute Gasteiger partial charge is 0.384 e. The van der Waals surface area contributed by atoms with Crippen molar-refractivity contribution in [2.75, 3.05) is 29.0 Å². The molecule has 2 atom stereocenters. The Morgan fingerprint density at radius 2 is 1.92 bits per heavy atom. The zero-order chi connectivity index (χ0) is 17.1. The lowest BCUT2D eigenvalue weighted by atomic mass is 10.2. The van der Waals surface area contributed by atoms with Gasteiger partial charge in [-0.3, -0.25) is 4.79 Å². The van der Waals surface area contributed by atoms with E-state index in [1.54, 1.807) is 18.3 Å². The highest BCUT2D eigenvalue weighted by Gasteiger charge is 2.23. The molecular formula is C17H21N5O2. The lowest BCUT2D eigenvalue weighted by Gasteiger charge is -2.36. The van der Waals surface area contributed by atoms with Gasteiger partial charge in [0.2, 0.25) is 0 Å². The van der Waals surface area contributed by atoms with Crippen LogP contribution in [0.15, 0.2) is 36.7 Å². The fraction of sp³-hybridized carbons (Fsp3) is 0.353. The van der Waals surface area contributed by atoms with Crippen LogP contribution < -0.4 is 16.0 Å². The Hall–Kier alpha value is -2.67. The highest BCUT2D eigenvalue weighted by Crippen LogP contribution is 2.20. The number of morpholine rings is 1. The maximum atomic E-state index is 12.2. The number of aromatic nitrogens is 2. The first kappa shape index (κ1) is 16.2. The van der Waals surface area contributed by atoms with Crippen LogP contribution in [0, 0.1) is 0 Å². The predicted molar refractivity (Wildman–Crippen MR) is 93.1 cm³/mol. The van der Waals surface area contributed by atoms with Crippen LogP contribution in [0.5, 0.6) is 0 Å². The molecule has 0 spiro atoms. The normalized spacial score (nSPS) is 20.7. The van der Waals surface area contributed by atoms with E-state index in [4.69, 9.17) is 10.5 Å². The SMILES string of the molecule is CC1CN(c2ccc(NC(=O)c3ccc(N)nc3)cn2)CC(C)O1. The van der Waals surface area contributed by atoms with Crippen LogP contribution in [-0.4, -0.2) is 41.2 Å². The molecule has 3 heterocycles. The fourth-order valence-corrected chi connectivity index (χ4v) is 2.75. The van der Waals surface area contributed by atoms with Crippen LogP contribution in [0.2, 0.25) is 0 Å². The standard InChI is InChI=1S/C17H21N5O2/c1-11-9-22(10-12(2)24-11)16-6-4-14(8-20-16)21-17(23)13-3-5-15(18)19-7-13/h3-8,11-12H,9-10H2,1-2H3,(H2,18,19)(H,21,23). The van der Waals surface area contributed by atoms with Crippen molar-refractivity contribution in [3.63, 3.8) is 0 Å². The summed E-state index contributed by atoms with van der Waals surface area (Å²) in [6.07, 6.45) is 3.45. The summed E-state index contributed by atoms with van der Waals surface area (Å²) in [4.78, 5) is 22.7. The molecule has 3 rings (SSSR count). The van der Waals surface area contributed by atoms with Gasteiger partial charge in [0.1, 0.15) is 11.6 Å². The first-order valence-corrected chi connectivity index (χ1v) is 7.90. The first-order valence-electron chi connectivity index (χ1n) is 7.90. The zero-order valence-electron chi connectivity index (χ0n) is 13.8. The van der Waals surface area contributed by atoms with E-state index < -0.39 is 0 Å². The van der Waals surface area contributed by atoms with Crippen molar-refractivity contribution >= 4 is 23.2 Å². The zero-order valence-corrected chi connectivity index (χ0v) is 13.8. The Balaban J connectivity index is 1.66. The molecule has 1 aliphatic heterocycles. The Morgan fingerprint density at radius 1 is 1.17 bits per heavy atom. The van der Waals surface area contributed by atoms with Gasteiger partial charge < -0.3 is 20.7 Å². The molecule has 2 aromatic rings. The molecule has 0 bridgehead atoms. The summed E-state index contributed by atoms with van der Waals surface area (Å²) in [7, 11) is 0. The second-order valence-corrected chi connectivity index (χ2v) is 5.99. The number of nitrogens with two attached hydrogens (primary N) is 1. The molecule has 2 unspecified atom stereocenters. The van der Waals surface area contributed by atoms with Gasteiger partial charge in [0, 0.05) is 19.3 Å². The van der Waals surface area contributed by atoms with Gasteiger partial charge in [-0.15, -0.1) is 0 Å². The average Bonchev–Trinajstić information content (AvgIpc) is 2.55. The maximum absolute atomic E-state index is 12.2. The summed E-state index contributed by atoms with van der Waals surface area (Å²) >= 11 is 0. The van der Waals surface area contributed by atoms with Crippen molar-refractivity contribution in [2.45, 2.75) is 26.1 Å². The van der Waals surface area contributed by atoms with Gasteiger partial charge in [0.15, 0.2) is 0 Å². The third kappa shape index (κ3) is 3.80. The van der Waals surface area contributed by atoms with E-state index in [0.29, 0.717) is 17.1 Å². The van der Waals surface area contributed by atoms with E-state index >= 15 is 0 Å². The van der Waals surface area contributed by atoms with E-state index in [-0.39, 0.29) is 18.1 Å². The smallest absolute Gasteiger partial charge is 0.257 e. The molecule has 3 N–H and O–H groups in total. The van der Waals surface area contributed by atoms with E-state index in [2.05, 4.69) is 34.0 Å². The summed E-state index contributed by atoms with van der Waals surface area (Å²) in [5, 5.41) is 2.80. The topological polar surface area (TPSA) is 93.4 Å². The van der Waals surface area contributed by atoms with Gasteiger partial charge in [-0.25, -0.2) is 9.97 Å². The Morgan fingerprint density at radius 3 is 2.50 bits per heavy atom. The van der Waals surface area contributed by atoms with Crippen LogP contribution in [-0.2, 0) is 4.74 Å². The molecule has 0 saturated carbocycles. The lowest BCUT2D eigenvalue weighted by Crippen LogP contribution is -2.45. The number of hydrogen-bond donors (Lipinski definition) is 2. The minimum Gasteiger partial charge on any atom is -0.384 e. The maximum Gasteiger partial charge on any atom is 0.257 e. The van der Waals surface area contributed by atoms with Crippen LogP contribution in [0.1, 0.15) is 24.2 Å². The monoisotopic (exact) mass is 327 g/mol. The van der Waals surface area contributed by atoms with E-state index in [1.807, 2.05) is 12.1 Å². The van der Waals surface area contributed by atoms with Crippen molar-refractivity contribution in [2.24, 2.45) is 0 Å². The number of nitrogens with one attached hydrogen (secondary N) is 1. The fourth-order valence-electron chi connectivity index (χ4n) is 2.75. The highest BCUT2D eigenvalue weighted by molar-refractivity contribution is 6.04. The lowest BCUT2D eigenvalue weighted by molar-refractivity contribution is -0.00545. The number of nitrogens with zero attached hydrogens (tertiary/aromatic N) is 3. The molecule has 0 aromatic carbocycles. The van der Waals surface area contributed by atoms with Crippen LogP contribution >= 0.6 is 0 Å². The van der Waals surface area contributed by atoms with Gasteiger partial charge in [0.05, 0.1) is 29.7 Å². The number of nitrogen functional groups attached to an aromatic ring is 1. The molecule has 1 fully saturated rings. The Labute approximate surface area is 140 Å². The molecule has 24 heavy (non-hydrogen) atoms. The van der Waals surface area contributed by atoms with Gasteiger partial charge in [-0.1, -0.05) is 0 Å². The van der Waals surface area contributed by atoms with E-state index in [1.165, 1.54) is 6.20 Å². The molecular weight excluding hydrogens is 306 g/mol. The predicted octanol–water partition coefficient (Wildman–Crippen LogP) is 1.92.